The fraction of sp³-hybridized carbons (Fsp3) is 0.111. The van der Waals surface area contributed by atoms with Crippen molar-refractivity contribution in [2.24, 2.45) is 0 Å². The van der Waals surface area contributed by atoms with Crippen LogP contribution in [0.2, 0.25) is 0 Å². The number of nitrogens with zero attached hydrogens (tertiary/aromatic N) is 3. The maximum Gasteiger partial charge on any atom is 0.337 e. The number of aromatic nitrogens is 3. The van der Waals surface area contributed by atoms with Crippen molar-refractivity contribution in [1.82, 2.24) is 14.8 Å². The zero-order valence-electron chi connectivity index (χ0n) is 8.62. The Morgan fingerprint density at radius 2 is 1.82 bits per heavy atom. The Balaban J connectivity index is 2.56. The van der Waals surface area contributed by atoms with Crippen molar-refractivity contribution < 1.29 is 17.9 Å². The van der Waals surface area contributed by atoms with Gasteiger partial charge < -0.3 is 10.5 Å². The summed E-state index contributed by atoms with van der Waals surface area (Å²) >= 11 is 0. The minimum absolute atomic E-state index is 0.0624. The van der Waals surface area contributed by atoms with Gasteiger partial charge in [0.1, 0.15) is 0 Å². The lowest BCUT2D eigenvalue weighted by Gasteiger charge is -2.03. The molecule has 2 aromatic rings. The van der Waals surface area contributed by atoms with Crippen molar-refractivity contribution in [3.8, 4) is 11.7 Å². The Hall–Kier alpha value is -2.25. The van der Waals surface area contributed by atoms with Crippen LogP contribution in [0.3, 0.4) is 0 Å². The predicted octanol–water partition coefficient (Wildman–Crippen LogP) is 1.28. The molecule has 0 saturated heterocycles. The molecular formula is C9H7F3N4O. The average Bonchev–Trinajstić information content (AvgIpc) is 2.67. The third-order valence-electron chi connectivity index (χ3n) is 2.01. The van der Waals surface area contributed by atoms with Crippen LogP contribution in [0, 0.1) is 17.5 Å². The zero-order chi connectivity index (χ0) is 12.6. The molecule has 0 saturated carbocycles. The predicted molar refractivity (Wildman–Crippen MR) is 52.2 cm³/mol. The van der Waals surface area contributed by atoms with E-state index in [0.717, 1.165) is 16.8 Å². The van der Waals surface area contributed by atoms with Crippen LogP contribution in [0.1, 0.15) is 0 Å². The third kappa shape index (κ3) is 1.88. The van der Waals surface area contributed by atoms with E-state index in [4.69, 9.17) is 10.5 Å². The molecule has 1 heterocycles. The first-order valence-electron chi connectivity index (χ1n) is 4.44. The van der Waals surface area contributed by atoms with E-state index >= 15 is 0 Å². The number of hydrogen-bond acceptors (Lipinski definition) is 4. The topological polar surface area (TPSA) is 66.0 Å². The first-order valence-corrected chi connectivity index (χ1v) is 4.44. The lowest BCUT2D eigenvalue weighted by molar-refractivity contribution is 0.379. The van der Waals surface area contributed by atoms with Crippen LogP contribution < -0.4 is 10.5 Å². The first kappa shape index (κ1) is 11.2. The molecule has 17 heavy (non-hydrogen) atoms. The average molecular weight is 244 g/mol. The number of hydrogen-bond donors (Lipinski definition) is 1. The second kappa shape index (κ2) is 3.96. The second-order valence-electron chi connectivity index (χ2n) is 3.09. The Kier molecular flexibility index (Phi) is 2.62. The molecule has 0 aliphatic carbocycles. The van der Waals surface area contributed by atoms with E-state index in [0.29, 0.717) is 0 Å². The van der Waals surface area contributed by atoms with Crippen LogP contribution in [0.25, 0.3) is 5.69 Å². The molecule has 8 heteroatoms. The van der Waals surface area contributed by atoms with Crippen molar-refractivity contribution in [2.45, 2.75) is 0 Å². The van der Waals surface area contributed by atoms with E-state index in [-0.39, 0.29) is 17.6 Å². The van der Waals surface area contributed by atoms with E-state index in [1.807, 2.05) is 0 Å². The van der Waals surface area contributed by atoms with Crippen LogP contribution in [0.4, 0.5) is 19.1 Å². The smallest absolute Gasteiger partial charge is 0.337 e. The molecule has 0 amide bonds. The highest BCUT2D eigenvalue weighted by Gasteiger charge is 2.15. The summed E-state index contributed by atoms with van der Waals surface area (Å²) in [6.07, 6.45) is 0. The largest absolute Gasteiger partial charge is 0.466 e. The summed E-state index contributed by atoms with van der Waals surface area (Å²) in [7, 11) is 1.31. The van der Waals surface area contributed by atoms with Gasteiger partial charge in [0.05, 0.1) is 12.8 Å². The normalized spacial score (nSPS) is 10.6. The Morgan fingerprint density at radius 3 is 2.29 bits per heavy atom. The van der Waals surface area contributed by atoms with Gasteiger partial charge in [0.25, 0.3) is 0 Å². The third-order valence-corrected chi connectivity index (χ3v) is 2.01. The van der Waals surface area contributed by atoms with Gasteiger partial charge in [-0.05, 0) is 0 Å². The highest BCUT2D eigenvalue weighted by molar-refractivity contribution is 5.39. The van der Waals surface area contributed by atoms with Gasteiger partial charge >= 0.3 is 6.01 Å². The number of halogens is 3. The number of anilines is 1. The summed E-state index contributed by atoms with van der Waals surface area (Å²) in [6, 6.07) is 1.44. The van der Waals surface area contributed by atoms with Crippen LogP contribution in [0.15, 0.2) is 12.1 Å². The van der Waals surface area contributed by atoms with Crippen molar-refractivity contribution in [1.29, 1.82) is 0 Å². The van der Waals surface area contributed by atoms with Crippen LogP contribution in [-0.4, -0.2) is 21.9 Å². The summed E-state index contributed by atoms with van der Waals surface area (Å²) in [5.41, 5.74) is 5.37. The Morgan fingerprint density at radius 1 is 1.24 bits per heavy atom. The molecule has 1 aromatic carbocycles. The van der Waals surface area contributed by atoms with Gasteiger partial charge in [-0.1, -0.05) is 0 Å². The number of nitrogens with two attached hydrogens (primary N) is 1. The van der Waals surface area contributed by atoms with Gasteiger partial charge in [0, 0.05) is 12.1 Å². The number of rotatable bonds is 2. The van der Waals surface area contributed by atoms with Crippen molar-refractivity contribution in [3.05, 3.63) is 29.6 Å². The van der Waals surface area contributed by atoms with Crippen LogP contribution in [-0.2, 0) is 0 Å². The second-order valence-corrected chi connectivity index (χ2v) is 3.09. The maximum atomic E-state index is 13.0. The fourth-order valence-electron chi connectivity index (χ4n) is 1.25. The summed E-state index contributed by atoms with van der Waals surface area (Å²) in [4.78, 5) is 3.66. The molecule has 0 aliphatic heterocycles. The van der Waals surface area contributed by atoms with Crippen molar-refractivity contribution >= 4 is 5.95 Å². The molecule has 0 aliphatic rings. The monoisotopic (exact) mass is 244 g/mol. The van der Waals surface area contributed by atoms with Gasteiger partial charge in [-0.25, -0.2) is 13.2 Å². The Bertz CT molecular complexity index is 546. The summed E-state index contributed by atoms with van der Waals surface area (Å²) in [5.74, 6) is -4.37. The molecule has 0 spiro atoms. The number of methoxy groups -OCH3 is 1. The lowest BCUT2D eigenvalue weighted by Crippen LogP contribution is -2.04. The van der Waals surface area contributed by atoms with E-state index < -0.39 is 17.5 Å². The molecule has 0 radical (unpaired) electrons. The summed E-state index contributed by atoms with van der Waals surface area (Å²) in [6.45, 7) is 0. The van der Waals surface area contributed by atoms with Gasteiger partial charge in [0.2, 0.25) is 5.95 Å². The number of nitrogen functional groups attached to an aromatic ring is 1. The molecule has 2 N–H and O–H groups in total. The van der Waals surface area contributed by atoms with Crippen LogP contribution >= 0.6 is 0 Å². The van der Waals surface area contributed by atoms with Crippen LogP contribution in [0.5, 0.6) is 6.01 Å². The number of benzene rings is 1. The van der Waals surface area contributed by atoms with Gasteiger partial charge in [-0.2, -0.15) is 9.67 Å². The highest BCUT2D eigenvalue weighted by Crippen LogP contribution is 2.19. The standard InChI is InChI=1S/C9H7F3N4O/c1-17-9-14-8(13)16(15-9)4-2-5(10)7(12)6(11)3-4/h2-3H,1H3,(H2,13,14,15). The first-order chi connectivity index (χ1) is 8.02. The van der Waals surface area contributed by atoms with Crippen molar-refractivity contribution in [3.63, 3.8) is 0 Å². The highest BCUT2D eigenvalue weighted by atomic mass is 19.2. The fourth-order valence-corrected chi connectivity index (χ4v) is 1.25. The molecule has 0 atom stereocenters. The van der Waals surface area contributed by atoms with E-state index in [9.17, 15) is 13.2 Å². The molecule has 2 rings (SSSR count). The van der Waals surface area contributed by atoms with Crippen molar-refractivity contribution in [2.75, 3.05) is 12.8 Å². The SMILES string of the molecule is COc1nc(N)n(-c2cc(F)c(F)c(F)c2)n1. The zero-order valence-corrected chi connectivity index (χ0v) is 8.62. The summed E-state index contributed by atoms with van der Waals surface area (Å²) in [5, 5.41) is 3.71. The molecule has 90 valence electrons. The van der Waals surface area contributed by atoms with E-state index in [1.165, 1.54) is 7.11 Å². The Labute approximate surface area is 93.6 Å². The molecule has 0 bridgehead atoms. The van der Waals surface area contributed by atoms with Gasteiger partial charge in [-0.15, -0.1) is 5.10 Å². The van der Waals surface area contributed by atoms with E-state index in [1.54, 1.807) is 0 Å². The van der Waals surface area contributed by atoms with Gasteiger partial charge in [0.15, 0.2) is 17.5 Å². The lowest BCUT2D eigenvalue weighted by atomic mass is 10.3. The molecule has 0 unspecified atom stereocenters. The van der Waals surface area contributed by atoms with Gasteiger partial charge in [-0.3, -0.25) is 0 Å². The van der Waals surface area contributed by atoms with E-state index in [2.05, 4.69) is 10.1 Å². The molecular weight excluding hydrogens is 237 g/mol. The quantitative estimate of drug-likeness (QED) is 0.808. The summed E-state index contributed by atoms with van der Waals surface area (Å²) < 4.78 is 44.4. The number of ether oxygens (including phenoxy) is 1. The maximum absolute atomic E-state index is 13.0. The minimum atomic E-state index is -1.56. The molecule has 5 nitrogen and oxygen atoms in total. The molecule has 1 aromatic heterocycles. The molecule has 0 fully saturated rings. The minimum Gasteiger partial charge on any atom is -0.466 e.